The first-order valence-electron chi connectivity index (χ1n) is 9.14. The largest absolute Gasteiger partial charge is 0.341 e. The van der Waals surface area contributed by atoms with Gasteiger partial charge in [0.1, 0.15) is 24.1 Å². The summed E-state index contributed by atoms with van der Waals surface area (Å²) in [6.45, 7) is -0.173. The van der Waals surface area contributed by atoms with Crippen LogP contribution >= 0.6 is 0 Å². The van der Waals surface area contributed by atoms with E-state index in [4.69, 9.17) is 5.41 Å². The van der Waals surface area contributed by atoms with Crippen LogP contribution in [0.5, 0.6) is 0 Å². The number of imidazole rings is 1. The minimum absolute atomic E-state index is 0.00219. The number of nitrogens with one attached hydrogen (secondary N) is 4. The highest BCUT2D eigenvalue weighted by atomic mass is 16.2. The van der Waals surface area contributed by atoms with Crippen molar-refractivity contribution in [3.05, 3.63) is 70.4 Å². The van der Waals surface area contributed by atoms with E-state index in [1.165, 1.54) is 5.01 Å². The van der Waals surface area contributed by atoms with E-state index >= 15 is 0 Å². The Morgan fingerprint density at radius 3 is 2.63 bits per heavy atom. The van der Waals surface area contributed by atoms with Crippen molar-refractivity contribution >= 4 is 39.3 Å². The number of aromatic nitrogens is 4. The van der Waals surface area contributed by atoms with Crippen LogP contribution in [0.25, 0.3) is 21.8 Å². The van der Waals surface area contributed by atoms with E-state index in [-0.39, 0.29) is 23.9 Å². The van der Waals surface area contributed by atoms with Gasteiger partial charge in [-0.15, -0.1) is 0 Å². The summed E-state index contributed by atoms with van der Waals surface area (Å²) in [5.41, 5.74) is 3.59. The molecule has 1 unspecified atom stereocenters. The summed E-state index contributed by atoms with van der Waals surface area (Å²) in [6.07, 6.45) is 0. The smallest absolute Gasteiger partial charge is 0.290 e. The first-order chi connectivity index (χ1) is 14.5. The SMILES string of the molecule is N=C1C(c2nc3ccccc3[nH]2)C(=O)CN1NC(=O)c1n[nH]c(=O)c2ccccc12. The molecule has 5 rings (SSSR count). The van der Waals surface area contributed by atoms with Gasteiger partial charge in [-0.25, -0.2) is 10.1 Å². The summed E-state index contributed by atoms with van der Waals surface area (Å²) in [5, 5.41) is 16.4. The Hall–Kier alpha value is -4.34. The number of rotatable bonds is 3. The van der Waals surface area contributed by atoms with Gasteiger partial charge in [-0.3, -0.25) is 30.2 Å². The van der Waals surface area contributed by atoms with Crippen molar-refractivity contribution in [2.45, 2.75) is 5.92 Å². The van der Waals surface area contributed by atoms with E-state index in [2.05, 4.69) is 25.6 Å². The molecule has 148 valence electrons. The molecule has 2 aromatic carbocycles. The maximum atomic E-state index is 12.8. The highest BCUT2D eigenvalue weighted by molar-refractivity contribution is 6.15. The molecule has 1 fully saturated rings. The number of aromatic amines is 2. The molecule has 2 aromatic heterocycles. The number of fused-ring (bicyclic) bond motifs is 2. The molecule has 30 heavy (non-hydrogen) atoms. The van der Waals surface area contributed by atoms with Gasteiger partial charge >= 0.3 is 0 Å². The second-order valence-electron chi connectivity index (χ2n) is 6.90. The van der Waals surface area contributed by atoms with Gasteiger partial charge in [0, 0.05) is 5.39 Å². The number of hydrogen-bond donors (Lipinski definition) is 4. The van der Waals surface area contributed by atoms with Crippen molar-refractivity contribution in [2.24, 2.45) is 0 Å². The van der Waals surface area contributed by atoms with Crippen LogP contribution in [0.3, 0.4) is 0 Å². The molecular formula is C20H15N7O3. The number of hydrazine groups is 1. The summed E-state index contributed by atoms with van der Waals surface area (Å²) in [7, 11) is 0. The molecule has 1 saturated heterocycles. The normalized spacial score (nSPS) is 16.5. The number of amidine groups is 1. The number of Topliss-reactive ketones (excluding diaryl/α,β-unsaturated/α-hetero) is 1. The lowest BCUT2D eigenvalue weighted by Crippen LogP contribution is -2.44. The average Bonchev–Trinajstić information content (AvgIpc) is 3.28. The molecule has 0 spiro atoms. The molecule has 1 aliphatic rings. The second-order valence-corrected chi connectivity index (χ2v) is 6.90. The molecule has 0 saturated carbocycles. The van der Waals surface area contributed by atoms with Gasteiger partial charge < -0.3 is 4.98 Å². The van der Waals surface area contributed by atoms with E-state index in [0.29, 0.717) is 22.1 Å². The highest BCUT2D eigenvalue weighted by Gasteiger charge is 2.40. The van der Waals surface area contributed by atoms with E-state index in [1.54, 1.807) is 24.3 Å². The lowest BCUT2D eigenvalue weighted by molar-refractivity contribution is -0.118. The van der Waals surface area contributed by atoms with E-state index in [0.717, 1.165) is 5.52 Å². The fourth-order valence-electron chi connectivity index (χ4n) is 3.59. The van der Waals surface area contributed by atoms with Gasteiger partial charge in [-0.1, -0.05) is 30.3 Å². The summed E-state index contributed by atoms with van der Waals surface area (Å²) >= 11 is 0. The lowest BCUT2D eigenvalue weighted by Gasteiger charge is -2.19. The summed E-state index contributed by atoms with van der Waals surface area (Å²) < 4.78 is 0. The van der Waals surface area contributed by atoms with Crippen molar-refractivity contribution < 1.29 is 9.59 Å². The molecule has 3 heterocycles. The van der Waals surface area contributed by atoms with Gasteiger partial charge in [0.05, 0.1) is 16.4 Å². The van der Waals surface area contributed by atoms with Gasteiger partial charge in [0.25, 0.3) is 11.5 Å². The van der Waals surface area contributed by atoms with Crippen molar-refractivity contribution in [1.29, 1.82) is 5.41 Å². The Kier molecular flexibility index (Phi) is 3.91. The van der Waals surface area contributed by atoms with Crippen LogP contribution in [0, 0.1) is 5.41 Å². The fourth-order valence-corrected chi connectivity index (χ4v) is 3.59. The number of benzene rings is 2. The predicted octanol–water partition coefficient (Wildman–Crippen LogP) is 1.09. The minimum Gasteiger partial charge on any atom is -0.341 e. The number of carbonyl (C=O) groups is 2. The zero-order valence-corrected chi connectivity index (χ0v) is 15.5. The van der Waals surface area contributed by atoms with Crippen LogP contribution < -0.4 is 11.0 Å². The van der Waals surface area contributed by atoms with Crippen LogP contribution in [0.4, 0.5) is 0 Å². The van der Waals surface area contributed by atoms with E-state index < -0.39 is 17.4 Å². The number of nitrogens with zero attached hydrogens (tertiary/aromatic N) is 3. The molecule has 10 heteroatoms. The molecule has 4 aromatic rings. The maximum absolute atomic E-state index is 12.8. The molecule has 1 atom stereocenters. The first-order valence-corrected chi connectivity index (χ1v) is 9.14. The quantitative estimate of drug-likeness (QED) is 0.404. The van der Waals surface area contributed by atoms with Crippen LogP contribution in [0.1, 0.15) is 22.2 Å². The molecule has 0 aliphatic carbocycles. The molecule has 0 radical (unpaired) electrons. The van der Waals surface area contributed by atoms with Gasteiger partial charge in [0.2, 0.25) is 0 Å². The molecule has 1 aliphatic heterocycles. The van der Waals surface area contributed by atoms with Crippen LogP contribution in [-0.2, 0) is 4.79 Å². The number of hydrogen-bond acceptors (Lipinski definition) is 6. The molecule has 0 bridgehead atoms. The Morgan fingerprint density at radius 1 is 1.10 bits per heavy atom. The summed E-state index contributed by atoms with van der Waals surface area (Å²) in [4.78, 5) is 44.8. The van der Waals surface area contributed by atoms with Crippen molar-refractivity contribution in [3.8, 4) is 0 Å². The van der Waals surface area contributed by atoms with Crippen molar-refractivity contribution in [2.75, 3.05) is 6.54 Å². The van der Waals surface area contributed by atoms with Crippen molar-refractivity contribution in [1.82, 2.24) is 30.6 Å². The second kappa shape index (κ2) is 6.62. The molecular weight excluding hydrogens is 386 g/mol. The number of amides is 1. The van der Waals surface area contributed by atoms with Crippen LogP contribution in [-0.4, -0.2) is 49.2 Å². The van der Waals surface area contributed by atoms with Gasteiger partial charge in [-0.2, -0.15) is 5.10 Å². The lowest BCUT2D eigenvalue weighted by atomic mass is 10.1. The Bertz CT molecular complexity index is 1370. The molecule has 1 amide bonds. The Labute approximate surface area is 168 Å². The minimum atomic E-state index is -0.905. The summed E-state index contributed by atoms with van der Waals surface area (Å²) in [5.74, 6) is -1.54. The van der Waals surface area contributed by atoms with Crippen molar-refractivity contribution in [3.63, 3.8) is 0 Å². The monoisotopic (exact) mass is 401 g/mol. The number of carbonyl (C=O) groups excluding carboxylic acids is 2. The van der Waals surface area contributed by atoms with Gasteiger partial charge in [0.15, 0.2) is 11.5 Å². The van der Waals surface area contributed by atoms with E-state index in [1.807, 2.05) is 24.3 Å². The first kappa shape index (κ1) is 17.7. The highest BCUT2D eigenvalue weighted by Crippen LogP contribution is 2.25. The third kappa shape index (κ3) is 2.73. The van der Waals surface area contributed by atoms with Crippen LogP contribution in [0.15, 0.2) is 53.3 Å². The predicted molar refractivity (Wildman–Crippen MR) is 108 cm³/mol. The number of H-pyrrole nitrogens is 2. The van der Waals surface area contributed by atoms with E-state index in [9.17, 15) is 14.4 Å². The maximum Gasteiger partial charge on any atom is 0.290 e. The standard InChI is InChI=1S/C20H15N7O3/c21-17-15(18-22-12-7-3-4-8-13(12)23-18)14(28)9-27(17)26-20(30)16-10-5-1-2-6-11(10)19(29)25-24-16/h1-8,15,21H,9H2,(H,22,23)(H,25,29)(H,26,30). The third-order valence-corrected chi connectivity index (χ3v) is 5.03. The zero-order valence-electron chi connectivity index (χ0n) is 15.5. The topological polar surface area (TPSA) is 148 Å². The number of ketones is 1. The zero-order chi connectivity index (χ0) is 20.8. The Balaban J connectivity index is 1.43. The van der Waals surface area contributed by atoms with Gasteiger partial charge in [-0.05, 0) is 18.2 Å². The number of para-hydroxylation sites is 2. The summed E-state index contributed by atoms with van der Waals surface area (Å²) in [6, 6.07) is 13.9. The Morgan fingerprint density at radius 2 is 1.83 bits per heavy atom. The third-order valence-electron chi connectivity index (χ3n) is 5.03. The molecule has 4 N–H and O–H groups in total. The van der Waals surface area contributed by atoms with Crippen LogP contribution in [0.2, 0.25) is 0 Å². The molecule has 10 nitrogen and oxygen atoms in total. The average molecular weight is 401 g/mol. The fraction of sp³-hybridized carbons (Fsp3) is 0.100.